The van der Waals surface area contributed by atoms with Crippen LogP contribution in [0.4, 0.5) is 27.6 Å². The van der Waals surface area contributed by atoms with Gasteiger partial charge in [-0.05, 0) is 43.3 Å². The smallest absolute Gasteiger partial charge is 0.390 e. The average Bonchev–Trinajstić information content (AvgIpc) is 2.66. The molecule has 1 N–H and O–H groups in total. The second-order valence-electron chi connectivity index (χ2n) is 7.08. The number of ether oxygens (including phenoxy) is 1. The summed E-state index contributed by atoms with van der Waals surface area (Å²) in [5.41, 5.74) is -1.79. The highest BCUT2D eigenvalue weighted by molar-refractivity contribution is 5.96. The molecule has 3 rings (SSSR count). The van der Waals surface area contributed by atoms with E-state index < -0.39 is 42.2 Å². The van der Waals surface area contributed by atoms with E-state index in [2.05, 4.69) is 10.3 Å². The summed E-state index contributed by atoms with van der Waals surface area (Å²) in [5, 5.41) is 2.78. The Balaban J connectivity index is 1.81. The summed E-state index contributed by atoms with van der Waals surface area (Å²) in [6, 6.07) is 10.3. The van der Waals surface area contributed by atoms with Crippen molar-refractivity contribution in [3.05, 3.63) is 66.4 Å². The van der Waals surface area contributed by atoms with E-state index in [1.54, 1.807) is 6.07 Å². The first-order chi connectivity index (χ1) is 14.1. The largest absolute Gasteiger partial charge is 0.492 e. The number of hydrogen-bond acceptors (Lipinski definition) is 3. The molecule has 30 heavy (non-hydrogen) atoms. The van der Waals surface area contributed by atoms with Crippen molar-refractivity contribution in [2.24, 2.45) is 5.41 Å². The van der Waals surface area contributed by atoms with Crippen LogP contribution in [0.3, 0.4) is 0 Å². The van der Waals surface area contributed by atoms with Gasteiger partial charge in [0.1, 0.15) is 29.5 Å². The van der Waals surface area contributed by atoms with Crippen molar-refractivity contribution in [1.29, 1.82) is 0 Å². The van der Waals surface area contributed by atoms with E-state index in [1.807, 2.05) is 0 Å². The van der Waals surface area contributed by atoms with Crippen LogP contribution in [-0.4, -0.2) is 23.7 Å². The minimum atomic E-state index is -4.64. The third-order valence-corrected chi connectivity index (χ3v) is 4.43. The molecule has 1 aromatic heterocycles. The number of anilines is 1. The molecule has 0 radical (unpaired) electrons. The molecule has 0 spiro atoms. The van der Waals surface area contributed by atoms with Crippen molar-refractivity contribution < 1.29 is 31.5 Å². The van der Waals surface area contributed by atoms with Crippen molar-refractivity contribution in [2.75, 3.05) is 11.9 Å². The Morgan fingerprint density at radius 2 is 1.80 bits per heavy atom. The number of benzene rings is 2. The first kappa shape index (κ1) is 21.5. The molecule has 0 fully saturated rings. The molecule has 0 saturated heterocycles. The predicted molar refractivity (Wildman–Crippen MR) is 101 cm³/mol. The highest BCUT2D eigenvalue weighted by Crippen LogP contribution is 2.35. The topological polar surface area (TPSA) is 51.2 Å². The third kappa shape index (κ3) is 5.22. The number of para-hydroxylation sites is 1. The summed E-state index contributed by atoms with van der Waals surface area (Å²) in [6.07, 6.45) is -4.91. The Bertz CT molecular complexity index is 1050. The Morgan fingerprint density at radius 3 is 2.47 bits per heavy atom. The molecular weight excluding hydrogens is 407 g/mol. The van der Waals surface area contributed by atoms with Gasteiger partial charge in [0.2, 0.25) is 5.91 Å². The second-order valence-corrected chi connectivity index (χ2v) is 7.08. The number of amides is 1. The van der Waals surface area contributed by atoms with Crippen molar-refractivity contribution in [2.45, 2.75) is 19.5 Å². The van der Waals surface area contributed by atoms with Crippen LogP contribution < -0.4 is 10.1 Å². The van der Waals surface area contributed by atoms with Gasteiger partial charge in [-0.3, -0.25) is 9.78 Å². The van der Waals surface area contributed by atoms with Crippen molar-refractivity contribution in [1.82, 2.24) is 4.98 Å². The van der Waals surface area contributed by atoms with E-state index in [0.717, 1.165) is 25.3 Å². The van der Waals surface area contributed by atoms with E-state index in [1.165, 1.54) is 30.3 Å². The van der Waals surface area contributed by atoms with Crippen LogP contribution in [0.5, 0.6) is 5.75 Å². The summed E-state index contributed by atoms with van der Waals surface area (Å²) in [6.45, 7) is 0.521. The van der Waals surface area contributed by atoms with Crippen LogP contribution in [-0.2, 0) is 4.79 Å². The van der Waals surface area contributed by atoms with Crippen LogP contribution in [0.1, 0.15) is 13.3 Å². The van der Waals surface area contributed by atoms with Gasteiger partial charge in [0.05, 0.1) is 23.7 Å². The first-order valence-electron chi connectivity index (χ1n) is 8.87. The number of aromatic nitrogens is 1. The number of fused-ring (bicyclic) bond motifs is 1. The summed E-state index contributed by atoms with van der Waals surface area (Å²) in [7, 11) is 0. The molecule has 1 unspecified atom stereocenters. The van der Waals surface area contributed by atoms with Crippen LogP contribution in [0.2, 0.25) is 0 Å². The van der Waals surface area contributed by atoms with Crippen LogP contribution in [0, 0.1) is 17.0 Å². The van der Waals surface area contributed by atoms with Gasteiger partial charge in [-0.1, -0.05) is 12.1 Å². The number of nitrogens with one attached hydrogen (secondary N) is 1. The Hall–Kier alpha value is -3.23. The molecule has 0 aliphatic heterocycles. The molecule has 0 saturated carbocycles. The summed E-state index contributed by atoms with van der Waals surface area (Å²) in [5.74, 6) is -1.90. The summed E-state index contributed by atoms with van der Waals surface area (Å²) in [4.78, 5) is 16.7. The molecule has 9 heteroatoms. The number of rotatable bonds is 6. The van der Waals surface area contributed by atoms with Gasteiger partial charge in [0.25, 0.3) is 0 Å². The number of pyridine rings is 1. The average molecular weight is 424 g/mol. The third-order valence-electron chi connectivity index (χ3n) is 4.43. The number of alkyl halides is 3. The lowest BCUT2D eigenvalue weighted by Gasteiger charge is -2.29. The zero-order valence-corrected chi connectivity index (χ0v) is 15.8. The molecule has 1 atom stereocenters. The van der Waals surface area contributed by atoms with Crippen molar-refractivity contribution in [3.63, 3.8) is 0 Å². The minimum Gasteiger partial charge on any atom is -0.492 e. The fraction of sp³-hybridized carbons (Fsp3) is 0.238. The maximum atomic E-state index is 13.7. The number of halogens is 5. The predicted octanol–water partition coefficient (Wildman–Crippen LogP) is 5.49. The Morgan fingerprint density at radius 1 is 1.10 bits per heavy atom. The SMILES string of the molecule is CC(COc1ccc(F)cc1)(CC(F)(F)F)C(=O)Nc1cnc2c(F)cccc2c1. The number of nitrogens with zero attached hydrogens (tertiary/aromatic N) is 1. The summed E-state index contributed by atoms with van der Waals surface area (Å²) < 4.78 is 71.5. The van der Waals surface area contributed by atoms with Gasteiger partial charge >= 0.3 is 6.18 Å². The number of carbonyl (C=O) groups excluding carboxylic acids is 1. The van der Waals surface area contributed by atoms with Crippen molar-refractivity contribution in [3.8, 4) is 5.75 Å². The van der Waals surface area contributed by atoms with Crippen LogP contribution in [0.25, 0.3) is 10.9 Å². The molecule has 158 valence electrons. The van der Waals surface area contributed by atoms with E-state index in [9.17, 15) is 26.7 Å². The molecule has 3 aromatic rings. The van der Waals surface area contributed by atoms with Gasteiger partial charge in [-0.2, -0.15) is 13.2 Å². The highest BCUT2D eigenvalue weighted by atomic mass is 19.4. The molecule has 0 aliphatic carbocycles. The fourth-order valence-electron chi connectivity index (χ4n) is 2.89. The van der Waals surface area contributed by atoms with Crippen molar-refractivity contribution >= 4 is 22.5 Å². The van der Waals surface area contributed by atoms with E-state index >= 15 is 0 Å². The Kier molecular flexibility index (Phi) is 5.91. The molecular formula is C21H17F5N2O2. The fourth-order valence-corrected chi connectivity index (χ4v) is 2.89. The van der Waals surface area contributed by atoms with E-state index in [0.29, 0.717) is 5.39 Å². The lowest BCUT2D eigenvalue weighted by atomic mass is 9.86. The standard InChI is InChI=1S/C21H17F5N2O2/c1-20(11-21(24,25)26,12-30-16-7-5-14(22)6-8-16)19(29)28-15-9-13-3-2-4-17(23)18(13)27-10-15/h2-10H,11-12H2,1H3,(H,28,29). The van der Waals surface area contributed by atoms with Gasteiger partial charge in [-0.25, -0.2) is 8.78 Å². The lowest BCUT2D eigenvalue weighted by Crippen LogP contribution is -2.42. The molecule has 4 nitrogen and oxygen atoms in total. The quantitative estimate of drug-likeness (QED) is 0.533. The molecule has 1 heterocycles. The van der Waals surface area contributed by atoms with Gasteiger partial charge in [0.15, 0.2) is 0 Å². The van der Waals surface area contributed by atoms with Gasteiger partial charge in [-0.15, -0.1) is 0 Å². The Labute approximate surface area is 168 Å². The maximum Gasteiger partial charge on any atom is 0.390 e. The summed E-state index contributed by atoms with van der Waals surface area (Å²) >= 11 is 0. The zero-order valence-electron chi connectivity index (χ0n) is 15.8. The normalized spacial score (nSPS) is 13.7. The van der Waals surface area contributed by atoms with E-state index in [4.69, 9.17) is 4.74 Å². The highest BCUT2D eigenvalue weighted by Gasteiger charge is 2.45. The van der Waals surface area contributed by atoms with Gasteiger partial charge < -0.3 is 10.1 Å². The monoisotopic (exact) mass is 424 g/mol. The first-order valence-corrected chi connectivity index (χ1v) is 8.87. The second kappa shape index (κ2) is 8.25. The maximum absolute atomic E-state index is 13.7. The number of hydrogen-bond donors (Lipinski definition) is 1. The molecule has 0 bridgehead atoms. The zero-order chi connectivity index (χ0) is 21.9. The molecule has 0 aliphatic rings. The van der Waals surface area contributed by atoms with Crippen LogP contribution >= 0.6 is 0 Å². The molecule has 2 aromatic carbocycles. The molecule has 1 amide bonds. The minimum absolute atomic E-state index is 0.0770. The van der Waals surface area contributed by atoms with Crippen LogP contribution in [0.15, 0.2) is 54.7 Å². The lowest BCUT2D eigenvalue weighted by molar-refractivity contribution is -0.167. The number of carbonyl (C=O) groups is 1. The van der Waals surface area contributed by atoms with Gasteiger partial charge in [0, 0.05) is 5.39 Å². The van der Waals surface area contributed by atoms with E-state index in [-0.39, 0.29) is 17.0 Å².